The van der Waals surface area contributed by atoms with Gasteiger partial charge in [0.05, 0.1) is 12.0 Å². The summed E-state index contributed by atoms with van der Waals surface area (Å²) in [4.78, 5) is 12.5. The van der Waals surface area contributed by atoms with E-state index < -0.39 is 10.0 Å². The summed E-state index contributed by atoms with van der Waals surface area (Å²) in [5, 5.41) is 9.67. The van der Waals surface area contributed by atoms with Crippen LogP contribution < -0.4 is 20.1 Å². The lowest BCUT2D eigenvalue weighted by Gasteiger charge is -2.28. The highest BCUT2D eigenvalue weighted by molar-refractivity contribution is 7.89. The number of ether oxygens (including phenoxy) is 1. The Morgan fingerprint density at radius 3 is 2.24 bits per heavy atom. The van der Waals surface area contributed by atoms with Crippen LogP contribution in [0.3, 0.4) is 0 Å². The number of nitrogens with zero attached hydrogens (tertiary/aromatic N) is 3. The van der Waals surface area contributed by atoms with E-state index in [-0.39, 0.29) is 12.4 Å². The van der Waals surface area contributed by atoms with Gasteiger partial charge in [0.15, 0.2) is 0 Å². The van der Waals surface area contributed by atoms with Gasteiger partial charge in [0.1, 0.15) is 17.1 Å². The van der Waals surface area contributed by atoms with Gasteiger partial charge in [-0.05, 0) is 87.2 Å². The van der Waals surface area contributed by atoms with Gasteiger partial charge in [-0.15, -0.1) is 12.4 Å². The summed E-state index contributed by atoms with van der Waals surface area (Å²) >= 11 is 0. The van der Waals surface area contributed by atoms with E-state index in [0.717, 1.165) is 98.1 Å². The normalized spacial score (nSPS) is 16.9. The molecule has 0 amide bonds. The molecule has 45 heavy (non-hydrogen) atoms. The molecule has 1 aromatic heterocycles. The molecule has 3 N–H and O–H groups in total. The third-order valence-electron chi connectivity index (χ3n) is 8.86. The minimum Gasteiger partial charge on any atom is -0.494 e. The highest BCUT2D eigenvalue weighted by Gasteiger charge is 2.24. The van der Waals surface area contributed by atoms with Gasteiger partial charge in [0.2, 0.25) is 16.0 Å². The summed E-state index contributed by atoms with van der Waals surface area (Å²) in [6.07, 6.45) is 5.05. The summed E-state index contributed by atoms with van der Waals surface area (Å²) in [6.45, 7) is 9.61. The lowest BCUT2D eigenvalue weighted by Crippen LogP contribution is -2.32. The summed E-state index contributed by atoms with van der Waals surface area (Å²) in [7, 11) is -1.92. The fourth-order valence-electron chi connectivity index (χ4n) is 6.16. The van der Waals surface area contributed by atoms with Crippen molar-refractivity contribution in [2.75, 3.05) is 57.0 Å². The van der Waals surface area contributed by atoms with Gasteiger partial charge < -0.3 is 20.3 Å². The lowest BCUT2D eigenvalue weighted by atomic mass is 9.82. The summed E-state index contributed by atoms with van der Waals surface area (Å²) in [5.74, 6) is 2.94. The number of aromatic nitrogens is 2. The first-order chi connectivity index (χ1) is 21.4. The van der Waals surface area contributed by atoms with Crippen LogP contribution in [-0.2, 0) is 10.0 Å². The van der Waals surface area contributed by atoms with E-state index in [2.05, 4.69) is 34.1 Å². The van der Waals surface area contributed by atoms with Crippen LogP contribution in [0.25, 0.3) is 21.7 Å². The number of sulfonamides is 1. The number of fused-ring (bicyclic) bond motifs is 2. The van der Waals surface area contributed by atoms with Crippen molar-refractivity contribution in [3.63, 3.8) is 0 Å². The SMILES string of the molecule is CCN(CC)CCCNc1nc(NCC2CCC(CNS(=O)(=O)c3cccc4ccccc34)CC2)nc2c(OC)cccc12.Cl. The second kappa shape index (κ2) is 16.4. The predicted molar refractivity (Wildman–Crippen MR) is 187 cm³/mol. The molecule has 11 heteroatoms. The minimum atomic E-state index is -3.59. The fourth-order valence-corrected chi connectivity index (χ4v) is 7.51. The fraction of sp³-hybridized carbons (Fsp3) is 0.471. The third kappa shape index (κ3) is 8.76. The molecule has 0 aliphatic heterocycles. The Labute approximate surface area is 274 Å². The van der Waals surface area contributed by atoms with Gasteiger partial charge in [-0.1, -0.05) is 56.3 Å². The molecule has 3 aromatic carbocycles. The molecular weight excluding hydrogens is 608 g/mol. The van der Waals surface area contributed by atoms with Crippen molar-refractivity contribution in [2.24, 2.45) is 11.8 Å². The first kappa shape index (κ1) is 34.7. The molecule has 9 nitrogen and oxygen atoms in total. The van der Waals surface area contributed by atoms with Crippen LogP contribution in [0.2, 0.25) is 0 Å². The Balaban J connectivity index is 0.00000461. The monoisotopic (exact) mass is 654 g/mol. The molecule has 0 bridgehead atoms. The van der Waals surface area contributed by atoms with Crippen LogP contribution in [0.4, 0.5) is 11.8 Å². The highest BCUT2D eigenvalue weighted by Crippen LogP contribution is 2.32. The van der Waals surface area contributed by atoms with Gasteiger partial charge in [0, 0.05) is 30.4 Å². The molecule has 0 saturated heterocycles. The van der Waals surface area contributed by atoms with Gasteiger partial charge in [-0.3, -0.25) is 0 Å². The van der Waals surface area contributed by atoms with Gasteiger partial charge in [-0.25, -0.2) is 18.1 Å². The van der Waals surface area contributed by atoms with Crippen molar-refractivity contribution >= 4 is 55.9 Å². The summed E-state index contributed by atoms with van der Waals surface area (Å²) < 4.78 is 34.9. The van der Waals surface area contributed by atoms with Crippen molar-refractivity contribution in [3.05, 3.63) is 60.7 Å². The number of para-hydroxylation sites is 1. The molecular formula is C34H47ClN6O3S. The maximum Gasteiger partial charge on any atom is 0.241 e. The number of anilines is 2. The van der Waals surface area contributed by atoms with E-state index in [1.807, 2.05) is 48.5 Å². The molecule has 4 aromatic rings. The number of benzene rings is 3. The first-order valence-corrected chi connectivity index (χ1v) is 17.4. The smallest absolute Gasteiger partial charge is 0.241 e. The van der Waals surface area contributed by atoms with E-state index in [1.165, 1.54) is 0 Å². The zero-order valence-corrected chi connectivity index (χ0v) is 28.2. The van der Waals surface area contributed by atoms with Crippen LogP contribution >= 0.6 is 12.4 Å². The Bertz CT molecular complexity index is 1640. The molecule has 0 radical (unpaired) electrons. The maximum absolute atomic E-state index is 13.2. The summed E-state index contributed by atoms with van der Waals surface area (Å²) in [6, 6.07) is 19.0. The summed E-state index contributed by atoms with van der Waals surface area (Å²) in [5.41, 5.74) is 0.793. The molecule has 1 aliphatic rings. The quantitative estimate of drug-likeness (QED) is 0.124. The van der Waals surface area contributed by atoms with E-state index in [4.69, 9.17) is 14.7 Å². The molecule has 5 rings (SSSR count). The van der Waals surface area contributed by atoms with Gasteiger partial charge in [0.25, 0.3) is 0 Å². The second-order valence-corrected chi connectivity index (χ2v) is 13.4. The number of halogens is 1. The average molecular weight is 655 g/mol. The molecule has 0 spiro atoms. The molecule has 0 atom stereocenters. The van der Waals surface area contributed by atoms with Crippen molar-refractivity contribution in [3.8, 4) is 5.75 Å². The third-order valence-corrected chi connectivity index (χ3v) is 10.3. The van der Waals surface area contributed by atoms with E-state index in [0.29, 0.717) is 29.2 Å². The number of methoxy groups -OCH3 is 1. The second-order valence-electron chi connectivity index (χ2n) is 11.7. The van der Waals surface area contributed by atoms with Crippen LogP contribution in [0.1, 0.15) is 46.0 Å². The standard InChI is InChI=1S/C34H46N6O3S.ClH/c1-4-40(5-2)22-10-21-35-33-29-14-9-15-30(43-3)32(29)38-34(39-33)36-23-25-17-19-26(20-18-25)24-37-44(41,42)31-16-8-12-27-11-6-7-13-28(27)31;/h6-9,11-16,25-26,37H,4-5,10,17-24H2,1-3H3,(H2,35,36,38,39);1H. The molecule has 244 valence electrons. The number of rotatable bonds is 15. The Morgan fingerprint density at radius 2 is 1.51 bits per heavy atom. The van der Waals surface area contributed by atoms with Gasteiger partial charge >= 0.3 is 0 Å². The molecule has 0 unspecified atom stereocenters. The zero-order valence-electron chi connectivity index (χ0n) is 26.6. The molecule has 1 heterocycles. The maximum atomic E-state index is 13.2. The zero-order chi connectivity index (χ0) is 30.9. The number of hydrogen-bond acceptors (Lipinski definition) is 8. The Morgan fingerprint density at radius 1 is 0.844 bits per heavy atom. The highest BCUT2D eigenvalue weighted by atomic mass is 35.5. The van der Waals surface area contributed by atoms with Crippen LogP contribution in [0, 0.1) is 11.8 Å². The Kier molecular flexibility index (Phi) is 12.6. The first-order valence-electron chi connectivity index (χ1n) is 15.9. The molecule has 1 fully saturated rings. The van der Waals surface area contributed by atoms with Gasteiger partial charge in [-0.2, -0.15) is 4.98 Å². The largest absolute Gasteiger partial charge is 0.494 e. The van der Waals surface area contributed by atoms with Crippen LogP contribution in [0.5, 0.6) is 5.75 Å². The molecule has 1 saturated carbocycles. The van der Waals surface area contributed by atoms with Crippen molar-refractivity contribution in [1.82, 2.24) is 19.6 Å². The average Bonchev–Trinajstić information content (AvgIpc) is 3.06. The number of hydrogen-bond donors (Lipinski definition) is 3. The van der Waals surface area contributed by atoms with Crippen LogP contribution in [0.15, 0.2) is 65.6 Å². The van der Waals surface area contributed by atoms with E-state index in [9.17, 15) is 8.42 Å². The van der Waals surface area contributed by atoms with Crippen molar-refractivity contribution in [1.29, 1.82) is 0 Å². The van der Waals surface area contributed by atoms with Crippen molar-refractivity contribution in [2.45, 2.75) is 50.8 Å². The molecule has 1 aliphatic carbocycles. The topological polar surface area (TPSA) is 108 Å². The Hall–Kier alpha value is -3.18. The van der Waals surface area contributed by atoms with Crippen molar-refractivity contribution < 1.29 is 13.2 Å². The van der Waals surface area contributed by atoms with Crippen LogP contribution in [-0.4, -0.2) is 69.7 Å². The van der Waals surface area contributed by atoms with E-state index >= 15 is 0 Å². The number of nitrogens with one attached hydrogen (secondary N) is 3. The van der Waals surface area contributed by atoms with E-state index in [1.54, 1.807) is 19.2 Å². The predicted octanol–water partition coefficient (Wildman–Crippen LogP) is 6.55. The lowest BCUT2D eigenvalue weighted by molar-refractivity contribution is 0.284. The minimum absolute atomic E-state index is 0.